The highest BCUT2D eigenvalue weighted by Gasteiger charge is 2.22. The Bertz CT molecular complexity index is 469. The van der Waals surface area contributed by atoms with E-state index in [4.69, 9.17) is 9.47 Å². The predicted molar refractivity (Wildman–Crippen MR) is 77.7 cm³/mol. The number of hydrogen-bond donors (Lipinski definition) is 0. The van der Waals surface area contributed by atoms with E-state index in [0.29, 0.717) is 17.1 Å². The molecule has 5 nitrogen and oxygen atoms in total. The van der Waals surface area contributed by atoms with Gasteiger partial charge in [-0.25, -0.2) is 0 Å². The second kappa shape index (κ2) is 6.13. The molecule has 0 spiro atoms. The van der Waals surface area contributed by atoms with Crippen LogP contribution in [0.5, 0.6) is 11.5 Å². The molecule has 1 aromatic rings. The number of carbonyl (C=O) groups is 1. The van der Waals surface area contributed by atoms with Gasteiger partial charge in [0, 0.05) is 37.3 Å². The lowest BCUT2D eigenvalue weighted by molar-refractivity contribution is 0.0663. The highest BCUT2D eigenvalue weighted by Crippen LogP contribution is 2.30. The summed E-state index contributed by atoms with van der Waals surface area (Å²) >= 11 is 0. The number of piperazine rings is 1. The molecule has 1 heterocycles. The quantitative estimate of drug-likeness (QED) is 0.838. The van der Waals surface area contributed by atoms with Gasteiger partial charge in [-0.05, 0) is 26.1 Å². The maximum Gasteiger partial charge on any atom is 0.254 e. The minimum atomic E-state index is 0.0368. The van der Waals surface area contributed by atoms with E-state index < -0.39 is 0 Å². The van der Waals surface area contributed by atoms with E-state index in [9.17, 15) is 4.79 Å². The van der Waals surface area contributed by atoms with Crippen LogP contribution in [0.15, 0.2) is 12.1 Å². The molecule has 1 fully saturated rings. The molecule has 0 aliphatic carbocycles. The molecule has 1 saturated heterocycles. The zero-order chi connectivity index (χ0) is 14.7. The van der Waals surface area contributed by atoms with Gasteiger partial charge in [-0.15, -0.1) is 0 Å². The second-order valence-electron chi connectivity index (χ2n) is 5.10. The van der Waals surface area contributed by atoms with Crippen LogP contribution < -0.4 is 9.47 Å². The van der Waals surface area contributed by atoms with Crippen molar-refractivity contribution in [2.45, 2.75) is 6.92 Å². The molecule has 110 valence electrons. The smallest absolute Gasteiger partial charge is 0.254 e. The summed E-state index contributed by atoms with van der Waals surface area (Å²) in [5.41, 5.74) is 1.53. The van der Waals surface area contributed by atoms with Crippen LogP contribution in [0, 0.1) is 6.92 Å². The van der Waals surface area contributed by atoms with Crippen molar-refractivity contribution in [1.82, 2.24) is 9.80 Å². The molecular formula is C15H22N2O3. The summed E-state index contributed by atoms with van der Waals surface area (Å²) in [5, 5.41) is 0. The predicted octanol–water partition coefficient (Wildman–Crippen LogP) is 1.40. The van der Waals surface area contributed by atoms with E-state index in [1.807, 2.05) is 11.8 Å². The first kappa shape index (κ1) is 14.7. The van der Waals surface area contributed by atoms with Gasteiger partial charge in [0.15, 0.2) is 0 Å². The van der Waals surface area contributed by atoms with Gasteiger partial charge in [-0.3, -0.25) is 4.79 Å². The molecule has 0 aromatic heterocycles. The summed E-state index contributed by atoms with van der Waals surface area (Å²) in [6.45, 7) is 5.25. The van der Waals surface area contributed by atoms with Crippen LogP contribution in [0.2, 0.25) is 0 Å². The molecule has 2 rings (SSSR count). The molecular weight excluding hydrogens is 256 g/mol. The van der Waals surface area contributed by atoms with Gasteiger partial charge in [0.1, 0.15) is 11.5 Å². The number of hydrogen-bond acceptors (Lipinski definition) is 4. The summed E-state index contributed by atoms with van der Waals surface area (Å²) in [7, 11) is 5.28. The number of benzene rings is 1. The first-order valence-corrected chi connectivity index (χ1v) is 6.77. The summed E-state index contributed by atoms with van der Waals surface area (Å²) in [6, 6.07) is 3.58. The Hall–Kier alpha value is -1.75. The van der Waals surface area contributed by atoms with Crippen LogP contribution in [-0.4, -0.2) is 63.2 Å². The highest BCUT2D eigenvalue weighted by atomic mass is 16.5. The van der Waals surface area contributed by atoms with Crippen molar-refractivity contribution in [3.8, 4) is 11.5 Å². The number of methoxy groups -OCH3 is 2. The maximum absolute atomic E-state index is 12.6. The van der Waals surface area contributed by atoms with Gasteiger partial charge in [-0.1, -0.05) is 0 Å². The lowest BCUT2D eigenvalue weighted by atomic mass is 10.1. The standard InChI is InChI=1S/C15H22N2O3/c1-11-13(19-3)9-12(10-14(11)20-4)15(18)17-7-5-16(2)6-8-17/h9-10H,5-8H2,1-4H3. The Morgan fingerprint density at radius 3 is 2.00 bits per heavy atom. The molecule has 0 saturated carbocycles. The summed E-state index contributed by atoms with van der Waals surface area (Å²) < 4.78 is 10.6. The fourth-order valence-electron chi connectivity index (χ4n) is 2.40. The number of carbonyl (C=O) groups excluding carboxylic acids is 1. The van der Waals surface area contributed by atoms with Crippen LogP contribution in [0.3, 0.4) is 0 Å². The Morgan fingerprint density at radius 2 is 1.55 bits per heavy atom. The third-order valence-electron chi connectivity index (χ3n) is 3.79. The first-order chi connectivity index (χ1) is 9.56. The van der Waals surface area contributed by atoms with Crippen molar-refractivity contribution in [2.24, 2.45) is 0 Å². The Kier molecular flexibility index (Phi) is 4.49. The van der Waals surface area contributed by atoms with Crippen molar-refractivity contribution < 1.29 is 14.3 Å². The number of ether oxygens (including phenoxy) is 2. The Balaban J connectivity index is 2.25. The van der Waals surface area contributed by atoms with Crippen molar-refractivity contribution in [3.05, 3.63) is 23.3 Å². The Morgan fingerprint density at radius 1 is 1.05 bits per heavy atom. The van der Waals surface area contributed by atoms with E-state index in [2.05, 4.69) is 11.9 Å². The third-order valence-corrected chi connectivity index (χ3v) is 3.79. The number of rotatable bonds is 3. The largest absolute Gasteiger partial charge is 0.496 e. The normalized spacial score (nSPS) is 16.1. The van der Waals surface area contributed by atoms with Crippen molar-refractivity contribution in [3.63, 3.8) is 0 Å². The molecule has 0 N–H and O–H groups in total. The number of amides is 1. The zero-order valence-electron chi connectivity index (χ0n) is 12.6. The zero-order valence-corrected chi connectivity index (χ0v) is 12.6. The SMILES string of the molecule is COc1cc(C(=O)N2CCN(C)CC2)cc(OC)c1C. The summed E-state index contributed by atoms with van der Waals surface area (Å²) in [6.07, 6.45) is 0. The second-order valence-corrected chi connectivity index (χ2v) is 5.10. The highest BCUT2D eigenvalue weighted by molar-refractivity contribution is 5.95. The van der Waals surface area contributed by atoms with Gasteiger partial charge in [0.25, 0.3) is 5.91 Å². The molecule has 0 atom stereocenters. The van der Waals surface area contributed by atoms with Crippen molar-refractivity contribution >= 4 is 5.91 Å². The van der Waals surface area contributed by atoms with Gasteiger partial charge in [0.05, 0.1) is 14.2 Å². The minimum absolute atomic E-state index is 0.0368. The first-order valence-electron chi connectivity index (χ1n) is 6.77. The van der Waals surface area contributed by atoms with Crippen molar-refractivity contribution in [1.29, 1.82) is 0 Å². The van der Waals surface area contributed by atoms with Crippen molar-refractivity contribution in [2.75, 3.05) is 47.4 Å². The van der Waals surface area contributed by atoms with E-state index >= 15 is 0 Å². The lowest BCUT2D eigenvalue weighted by Crippen LogP contribution is -2.47. The molecule has 0 unspecified atom stereocenters. The lowest BCUT2D eigenvalue weighted by Gasteiger charge is -2.32. The average Bonchev–Trinajstić information content (AvgIpc) is 2.47. The van der Waals surface area contributed by atoms with Gasteiger partial charge in [0.2, 0.25) is 0 Å². The van der Waals surface area contributed by atoms with Crippen LogP contribution in [0.25, 0.3) is 0 Å². The molecule has 5 heteroatoms. The molecule has 1 aromatic carbocycles. The molecule has 0 bridgehead atoms. The maximum atomic E-state index is 12.6. The number of likely N-dealkylation sites (N-methyl/N-ethyl adjacent to an activating group) is 1. The monoisotopic (exact) mass is 278 g/mol. The fourth-order valence-corrected chi connectivity index (χ4v) is 2.40. The van der Waals surface area contributed by atoms with E-state index in [1.165, 1.54) is 0 Å². The molecule has 0 radical (unpaired) electrons. The fraction of sp³-hybridized carbons (Fsp3) is 0.533. The van der Waals surface area contributed by atoms with Gasteiger partial charge >= 0.3 is 0 Å². The van der Waals surface area contributed by atoms with E-state index in [-0.39, 0.29) is 5.91 Å². The van der Waals surface area contributed by atoms with Gasteiger partial charge < -0.3 is 19.3 Å². The summed E-state index contributed by atoms with van der Waals surface area (Å²) in [4.78, 5) is 16.7. The molecule has 1 aliphatic heterocycles. The summed E-state index contributed by atoms with van der Waals surface area (Å²) in [5.74, 6) is 1.40. The molecule has 1 aliphatic rings. The molecule has 20 heavy (non-hydrogen) atoms. The molecule has 1 amide bonds. The van der Waals surface area contributed by atoms with E-state index in [1.54, 1.807) is 26.4 Å². The van der Waals surface area contributed by atoms with Crippen LogP contribution in [0.1, 0.15) is 15.9 Å². The van der Waals surface area contributed by atoms with Crippen LogP contribution in [0.4, 0.5) is 0 Å². The van der Waals surface area contributed by atoms with Gasteiger partial charge in [-0.2, -0.15) is 0 Å². The van der Waals surface area contributed by atoms with E-state index in [0.717, 1.165) is 31.7 Å². The average molecular weight is 278 g/mol. The Labute approximate surface area is 120 Å². The topological polar surface area (TPSA) is 42.0 Å². The third kappa shape index (κ3) is 2.88. The minimum Gasteiger partial charge on any atom is -0.496 e. The van der Waals surface area contributed by atoms with Crippen LogP contribution in [-0.2, 0) is 0 Å². The number of nitrogens with zero attached hydrogens (tertiary/aromatic N) is 2. The van der Waals surface area contributed by atoms with Crippen LogP contribution >= 0.6 is 0 Å².